The Bertz CT molecular complexity index is 1170. The van der Waals surface area contributed by atoms with Crippen molar-refractivity contribution in [1.82, 2.24) is 0 Å². The van der Waals surface area contributed by atoms with Gasteiger partial charge in [0.2, 0.25) is 0 Å². The molecular formula is C44H86O6Si3. The maximum absolute atomic E-state index is 13.5. The molecule has 2 aliphatic rings. The molecule has 0 saturated carbocycles. The molecule has 53 heavy (non-hydrogen) atoms. The average molecular weight is 795 g/mol. The lowest BCUT2D eigenvalue weighted by molar-refractivity contribution is -0.146. The number of esters is 1. The van der Waals surface area contributed by atoms with Crippen LogP contribution >= 0.6 is 0 Å². The van der Waals surface area contributed by atoms with E-state index in [-0.39, 0.29) is 52.9 Å². The molecule has 0 aromatic carbocycles. The zero-order valence-corrected chi connectivity index (χ0v) is 40.8. The first-order valence-electron chi connectivity index (χ1n) is 21.8. The lowest BCUT2D eigenvalue weighted by Crippen LogP contribution is -2.58. The largest absolute Gasteiger partial charge is 0.456 e. The van der Waals surface area contributed by atoms with E-state index >= 15 is 0 Å². The highest BCUT2D eigenvalue weighted by Crippen LogP contribution is 2.44. The Morgan fingerprint density at radius 1 is 0.849 bits per heavy atom. The number of allylic oxidation sites excluding steroid dienone is 2. The minimum absolute atomic E-state index is 0.0325. The molecule has 2 aliphatic heterocycles. The number of carbonyl (C=O) groups excluding carboxylic acids is 1. The normalized spacial score (nSPS) is 33.5. The summed E-state index contributed by atoms with van der Waals surface area (Å²) in [7, 11) is -6.36. The molecule has 0 spiro atoms. The zero-order valence-electron chi connectivity index (χ0n) is 37.8. The second-order valence-corrected chi connectivity index (χ2v) is 33.3. The van der Waals surface area contributed by atoms with Crippen molar-refractivity contribution >= 4 is 30.9 Å². The minimum atomic E-state index is -2.18. The Hall–Kier alpha value is -0.559. The standard InChI is InChI=1S/C44H86O6Si3/c1-18-29-43(14)32-39-37(47-43)27-25-34(8)30-36(10)38(48-51(16,17)42(11,12)13)33-44(15,50-53(22-5,23-6)24-7)40(49-52(19-2,20-3)21-4)31-35(9)26-28-41(45)46-39/h26,28,30,35-40H,18-25,27,29,31-33H2,1-17H3/b28-26+,34-30+/t35-,36-,37+,38+,39-,40+,43-,44-/m1/s1. The Balaban J connectivity index is 2.86. The van der Waals surface area contributed by atoms with Crippen LogP contribution in [0, 0.1) is 11.8 Å². The molecule has 0 amide bonds. The van der Waals surface area contributed by atoms with Crippen molar-refractivity contribution in [3.8, 4) is 0 Å². The topological polar surface area (TPSA) is 63.2 Å². The van der Waals surface area contributed by atoms with Crippen molar-refractivity contribution < 1.29 is 27.5 Å². The van der Waals surface area contributed by atoms with Crippen LogP contribution in [0.5, 0.6) is 0 Å². The maximum Gasteiger partial charge on any atom is 0.330 e. The minimum Gasteiger partial charge on any atom is -0.456 e. The van der Waals surface area contributed by atoms with Gasteiger partial charge in [0.15, 0.2) is 25.0 Å². The van der Waals surface area contributed by atoms with E-state index in [0.717, 1.165) is 81.2 Å². The van der Waals surface area contributed by atoms with Crippen LogP contribution in [0.2, 0.25) is 54.4 Å². The van der Waals surface area contributed by atoms with Crippen LogP contribution in [0.25, 0.3) is 0 Å². The van der Waals surface area contributed by atoms with Gasteiger partial charge in [-0.25, -0.2) is 4.79 Å². The van der Waals surface area contributed by atoms with Gasteiger partial charge in [-0.2, -0.15) is 0 Å². The van der Waals surface area contributed by atoms with Gasteiger partial charge in [0.25, 0.3) is 0 Å². The fraction of sp³-hybridized carbons (Fsp3) is 0.886. The molecule has 9 heteroatoms. The summed E-state index contributed by atoms with van der Waals surface area (Å²) in [4.78, 5) is 13.5. The lowest BCUT2D eigenvalue weighted by atomic mass is 9.83. The Kier molecular flexibility index (Phi) is 18.5. The van der Waals surface area contributed by atoms with Crippen molar-refractivity contribution in [2.75, 3.05) is 0 Å². The van der Waals surface area contributed by atoms with Crippen molar-refractivity contribution in [2.24, 2.45) is 11.8 Å². The third kappa shape index (κ3) is 13.2. The van der Waals surface area contributed by atoms with Gasteiger partial charge in [0, 0.05) is 18.9 Å². The van der Waals surface area contributed by atoms with Crippen LogP contribution in [-0.2, 0) is 27.5 Å². The summed E-state index contributed by atoms with van der Waals surface area (Å²) in [5, 5.41) is 0.0708. The van der Waals surface area contributed by atoms with Gasteiger partial charge in [-0.3, -0.25) is 0 Å². The van der Waals surface area contributed by atoms with Gasteiger partial charge < -0.3 is 22.8 Å². The second-order valence-electron chi connectivity index (χ2n) is 19.1. The Morgan fingerprint density at radius 2 is 1.42 bits per heavy atom. The van der Waals surface area contributed by atoms with E-state index in [4.69, 9.17) is 22.8 Å². The molecular weight excluding hydrogens is 709 g/mol. The van der Waals surface area contributed by atoms with Crippen molar-refractivity contribution in [3.05, 3.63) is 23.8 Å². The summed E-state index contributed by atoms with van der Waals surface area (Å²) in [6, 6.07) is 6.45. The molecule has 310 valence electrons. The third-order valence-electron chi connectivity index (χ3n) is 13.9. The van der Waals surface area contributed by atoms with Crippen molar-refractivity contribution in [1.29, 1.82) is 0 Å². The number of rotatable bonds is 14. The molecule has 0 aliphatic carbocycles. The molecule has 0 aromatic heterocycles. The van der Waals surface area contributed by atoms with E-state index in [1.54, 1.807) is 6.08 Å². The van der Waals surface area contributed by atoms with Gasteiger partial charge in [-0.05, 0) is 113 Å². The monoisotopic (exact) mass is 795 g/mol. The molecule has 6 nitrogen and oxygen atoms in total. The maximum atomic E-state index is 13.5. The van der Waals surface area contributed by atoms with Crippen LogP contribution in [0.4, 0.5) is 0 Å². The average Bonchev–Trinajstić information content (AvgIpc) is 3.40. The van der Waals surface area contributed by atoms with E-state index in [0.29, 0.717) is 0 Å². The van der Waals surface area contributed by atoms with Crippen LogP contribution in [-0.4, -0.2) is 66.5 Å². The SMILES string of the molecule is CCC[C@]1(C)C[C@H]2OC(=O)/C=C/[C@@H](C)C[C@H](O[Si](CC)(CC)CC)[C@](C)(O[Si](CC)(CC)CC)C[C@H](O[Si](C)(C)C(C)(C)C)[C@H](C)/C=C(\C)CC[C@@H]2O1. The third-order valence-corrected chi connectivity index (χ3v) is 27.8. The first-order chi connectivity index (χ1) is 24.5. The number of fused-ring (bicyclic) bond motifs is 1. The molecule has 0 aromatic rings. The van der Waals surface area contributed by atoms with Crippen molar-refractivity contribution in [3.63, 3.8) is 0 Å². The molecule has 0 unspecified atom stereocenters. The van der Waals surface area contributed by atoms with Crippen LogP contribution in [0.3, 0.4) is 0 Å². The first kappa shape index (κ1) is 48.6. The summed E-state index contributed by atoms with van der Waals surface area (Å²) < 4.78 is 36.0. The van der Waals surface area contributed by atoms with Crippen molar-refractivity contribution in [2.45, 2.75) is 239 Å². The van der Waals surface area contributed by atoms with Gasteiger partial charge in [-0.15, -0.1) is 0 Å². The molecule has 2 heterocycles. The summed E-state index contributed by atoms with van der Waals surface area (Å²) in [5.74, 6) is -0.00480. The lowest BCUT2D eigenvalue weighted by Gasteiger charge is -2.51. The highest BCUT2D eigenvalue weighted by Gasteiger charge is 2.50. The molecule has 0 bridgehead atoms. The number of hydrogen-bond acceptors (Lipinski definition) is 6. The summed E-state index contributed by atoms with van der Waals surface area (Å²) in [6.07, 6.45) is 11.7. The van der Waals surface area contributed by atoms with E-state index in [1.165, 1.54) is 5.57 Å². The van der Waals surface area contributed by atoms with E-state index in [2.05, 4.69) is 129 Å². The first-order valence-corrected chi connectivity index (χ1v) is 29.8. The summed E-state index contributed by atoms with van der Waals surface area (Å²) >= 11 is 0. The van der Waals surface area contributed by atoms with Gasteiger partial charge in [0.05, 0.1) is 29.5 Å². The fourth-order valence-electron chi connectivity index (χ4n) is 8.67. The summed E-state index contributed by atoms with van der Waals surface area (Å²) in [5.41, 5.74) is 0.494. The van der Waals surface area contributed by atoms with Crippen LogP contribution < -0.4 is 0 Å². The highest BCUT2D eigenvalue weighted by molar-refractivity contribution is 6.74. The molecule has 8 atom stereocenters. The number of ether oxygens (including phenoxy) is 2. The van der Waals surface area contributed by atoms with Gasteiger partial charge in [0.1, 0.15) is 6.10 Å². The number of hydrogen-bond donors (Lipinski definition) is 0. The highest BCUT2D eigenvalue weighted by atomic mass is 28.4. The Morgan fingerprint density at radius 3 is 1.92 bits per heavy atom. The molecule has 1 saturated heterocycles. The van der Waals surface area contributed by atoms with E-state index in [9.17, 15) is 4.79 Å². The second kappa shape index (κ2) is 20.2. The van der Waals surface area contributed by atoms with Crippen LogP contribution in [0.15, 0.2) is 23.8 Å². The van der Waals surface area contributed by atoms with E-state index in [1.807, 2.05) is 0 Å². The molecule has 0 N–H and O–H groups in total. The predicted octanol–water partition coefficient (Wildman–Crippen LogP) is 13.2. The zero-order chi connectivity index (χ0) is 40.5. The Labute approximate surface area is 331 Å². The number of carbonyl (C=O) groups is 1. The van der Waals surface area contributed by atoms with E-state index < -0.39 is 30.6 Å². The molecule has 2 rings (SSSR count). The van der Waals surface area contributed by atoms with Gasteiger partial charge in [-0.1, -0.05) is 107 Å². The smallest absolute Gasteiger partial charge is 0.330 e. The van der Waals surface area contributed by atoms with Gasteiger partial charge >= 0.3 is 5.97 Å². The fourth-order valence-corrected chi connectivity index (χ4v) is 16.2. The predicted molar refractivity (Wildman–Crippen MR) is 233 cm³/mol. The molecule has 0 radical (unpaired) electrons. The molecule has 1 fully saturated rings. The summed E-state index contributed by atoms with van der Waals surface area (Å²) in [6.45, 7) is 39.4. The quantitative estimate of drug-likeness (QED) is 0.0991. The van der Waals surface area contributed by atoms with Crippen LogP contribution in [0.1, 0.15) is 149 Å².